The second-order valence-electron chi connectivity index (χ2n) is 5.58. The third kappa shape index (κ3) is 1.32. The average Bonchev–Trinajstić information content (AvgIpc) is 2.48. The first kappa shape index (κ1) is 11.5. The molecule has 0 amide bonds. The smallest absolute Gasteiger partial charge is 0.168 e. The Hall–Kier alpha value is -0.0200. The Morgan fingerprint density at radius 1 is 1.47 bits per heavy atom. The molecule has 86 valence electrons. The Kier molecular flexibility index (Phi) is 2.67. The topological polar surface area (TPSA) is 26.3 Å². The Morgan fingerprint density at radius 2 is 2.13 bits per heavy atom. The number of ether oxygens (including phenoxy) is 1. The fourth-order valence-electron chi connectivity index (χ4n) is 3.38. The van der Waals surface area contributed by atoms with Gasteiger partial charge in [-0.05, 0) is 24.2 Å². The molecule has 3 atom stereocenters. The van der Waals surface area contributed by atoms with Crippen LogP contribution in [0.5, 0.6) is 0 Å². The first-order valence-corrected chi connectivity index (χ1v) is 6.35. The lowest BCUT2D eigenvalue weighted by Crippen LogP contribution is -2.36. The van der Waals surface area contributed by atoms with Gasteiger partial charge < -0.3 is 4.74 Å². The van der Waals surface area contributed by atoms with Gasteiger partial charge in [-0.25, -0.2) is 0 Å². The first-order chi connectivity index (χ1) is 6.95. The van der Waals surface area contributed by atoms with E-state index in [1.165, 1.54) is 0 Å². The number of thiol groups is 1. The Labute approximate surface area is 97.2 Å². The van der Waals surface area contributed by atoms with Crippen molar-refractivity contribution in [2.24, 2.45) is 16.7 Å². The van der Waals surface area contributed by atoms with Crippen molar-refractivity contribution in [3.63, 3.8) is 0 Å². The van der Waals surface area contributed by atoms with Gasteiger partial charge >= 0.3 is 0 Å². The minimum absolute atomic E-state index is 0.103. The number of carbonyl (C=O) groups is 1. The van der Waals surface area contributed by atoms with E-state index in [4.69, 9.17) is 4.74 Å². The molecule has 0 N–H and O–H groups in total. The lowest BCUT2D eigenvalue weighted by Gasteiger charge is -2.31. The van der Waals surface area contributed by atoms with E-state index in [0.29, 0.717) is 24.1 Å². The molecule has 0 aromatic heterocycles. The van der Waals surface area contributed by atoms with Crippen molar-refractivity contribution in [3.05, 3.63) is 0 Å². The Morgan fingerprint density at radius 3 is 2.60 bits per heavy atom. The third-order valence-electron chi connectivity index (χ3n) is 4.86. The summed E-state index contributed by atoms with van der Waals surface area (Å²) in [5.74, 6) is 1.42. The number of rotatable bonds is 3. The molecule has 0 aromatic carbocycles. The molecule has 3 heteroatoms. The number of hydrogen-bond acceptors (Lipinski definition) is 3. The van der Waals surface area contributed by atoms with Crippen LogP contribution in [0, 0.1) is 16.7 Å². The molecule has 2 aliphatic rings. The Balaban J connectivity index is 2.22. The summed E-state index contributed by atoms with van der Waals surface area (Å²) >= 11 is 4.12. The maximum atomic E-state index is 12.3. The van der Waals surface area contributed by atoms with Gasteiger partial charge in [0.1, 0.15) is 6.10 Å². The summed E-state index contributed by atoms with van der Waals surface area (Å²) in [4.78, 5) is 12.3. The first-order valence-electron chi connectivity index (χ1n) is 5.72. The van der Waals surface area contributed by atoms with Crippen molar-refractivity contribution >= 4 is 18.4 Å². The van der Waals surface area contributed by atoms with Gasteiger partial charge in [0, 0.05) is 11.2 Å². The van der Waals surface area contributed by atoms with E-state index in [2.05, 4.69) is 33.4 Å². The third-order valence-corrected chi connectivity index (χ3v) is 5.04. The monoisotopic (exact) mass is 228 g/mol. The molecule has 0 saturated heterocycles. The molecule has 0 spiro atoms. The summed E-state index contributed by atoms with van der Waals surface area (Å²) in [5, 5.41) is 0. The molecule has 0 aliphatic heterocycles. The van der Waals surface area contributed by atoms with Gasteiger partial charge in [0.25, 0.3) is 0 Å². The lowest BCUT2D eigenvalue weighted by molar-refractivity contribution is -0.138. The van der Waals surface area contributed by atoms with Crippen molar-refractivity contribution in [2.75, 3.05) is 12.4 Å². The van der Waals surface area contributed by atoms with E-state index in [0.717, 1.165) is 12.8 Å². The highest BCUT2D eigenvalue weighted by atomic mass is 32.1. The van der Waals surface area contributed by atoms with E-state index in [1.807, 2.05) is 0 Å². The maximum absolute atomic E-state index is 12.3. The largest absolute Gasteiger partial charge is 0.369 e. The van der Waals surface area contributed by atoms with Gasteiger partial charge in [-0.3, -0.25) is 4.79 Å². The van der Waals surface area contributed by atoms with Crippen molar-refractivity contribution < 1.29 is 9.53 Å². The normalized spacial score (nSPS) is 42.5. The summed E-state index contributed by atoms with van der Waals surface area (Å²) in [7, 11) is 0. The average molecular weight is 228 g/mol. The van der Waals surface area contributed by atoms with Crippen LogP contribution in [-0.2, 0) is 9.53 Å². The van der Waals surface area contributed by atoms with Crippen LogP contribution in [-0.4, -0.2) is 24.2 Å². The van der Waals surface area contributed by atoms with Gasteiger partial charge in [0.05, 0.1) is 6.61 Å². The zero-order chi connectivity index (χ0) is 11.3. The SMILES string of the molecule is CC1(C)[C@@H]2CC[C@@]1(C)C(=O)[C@@H]2OCCS. The highest BCUT2D eigenvalue weighted by Gasteiger charge is 2.66. The van der Waals surface area contributed by atoms with Crippen molar-refractivity contribution in [1.82, 2.24) is 0 Å². The van der Waals surface area contributed by atoms with E-state index in [-0.39, 0.29) is 16.9 Å². The van der Waals surface area contributed by atoms with Crippen molar-refractivity contribution in [3.8, 4) is 0 Å². The highest BCUT2D eigenvalue weighted by Crippen LogP contribution is 2.64. The molecule has 2 saturated carbocycles. The lowest BCUT2D eigenvalue weighted by atomic mass is 9.70. The predicted molar refractivity (Wildman–Crippen MR) is 63.2 cm³/mol. The molecule has 2 fully saturated rings. The van der Waals surface area contributed by atoms with Crippen LogP contribution >= 0.6 is 12.6 Å². The summed E-state index contributed by atoms with van der Waals surface area (Å²) in [6.45, 7) is 7.13. The number of carbonyl (C=O) groups excluding carboxylic acids is 1. The molecule has 2 bridgehead atoms. The fourth-order valence-corrected chi connectivity index (χ4v) is 3.48. The molecule has 0 radical (unpaired) electrons. The molecule has 2 rings (SSSR count). The van der Waals surface area contributed by atoms with Crippen LogP contribution < -0.4 is 0 Å². The molecular weight excluding hydrogens is 208 g/mol. The zero-order valence-corrected chi connectivity index (χ0v) is 10.6. The highest BCUT2D eigenvalue weighted by molar-refractivity contribution is 7.80. The number of Topliss-reactive ketones (excluding diaryl/α,β-unsaturated/α-hetero) is 1. The van der Waals surface area contributed by atoms with E-state index in [1.54, 1.807) is 0 Å². The quantitative estimate of drug-likeness (QED) is 0.750. The van der Waals surface area contributed by atoms with Crippen LogP contribution in [0.3, 0.4) is 0 Å². The number of hydrogen-bond donors (Lipinski definition) is 1. The van der Waals surface area contributed by atoms with Crippen LogP contribution in [0.1, 0.15) is 33.6 Å². The standard InChI is InChI=1S/C12H20O2S/c1-11(2)8-4-5-12(11,3)10(13)9(8)14-6-7-15/h8-9,15H,4-7H2,1-3H3/t8-,9-,12+/m1/s1. The second kappa shape index (κ2) is 3.49. The minimum atomic E-state index is -0.161. The van der Waals surface area contributed by atoms with E-state index < -0.39 is 0 Å². The summed E-state index contributed by atoms with van der Waals surface area (Å²) in [6.07, 6.45) is 2.00. The Bertz CT molecular complexity index is 287. The van der Waals surface area contributed by atoms with E-state index in [9.17, 15) is 4.79 Å². The predicted octanol–water partition coefficient (Wildman–Crippen LogP) is 2.33. The van der Waals surface area contributed by atoms with Crippen LogP contribution in [0.25, 0.3) is 0 Å². The molecule has 2 aliphatic carbocycles. The van der Waals surface area contributed by atoms with Crippen LogP contribution in [0.15, 0.2) is 0 Å². The molecule has 15 heavy (non-hydrogen) atoms. The van der Waals surface area contributed by atoms with Gasteiger partial charge in [-0.15, -0.1) is 0 Å². The summed E-state index contributed by atoms with van der Waals surface area (Å²) in [5.41, 5.74) is -0.0513. The number of ketones is 1. The molecule has 0 heterocycles. The van der Waals surface area contributed by atoms with Crippen LogP contribution in [0.4, 0.5) is 0 Å². The van der Waals surface area contributed by atoms with Crippen molar-refractivity contribution in [2.45, 2.75) is 39.7 Å². The summed E-state index contributed by atoms with van der Waals surface area (Å²) in [6, 6.07) is 0. The minimum Gasteiger partial charge on any atom is -0.369 e. The molecule has 0 unspecified atom stereocenters. The van der Waals surface area contributed by atoms with Gasteiger partial charge in [-0.1, -0.05) is 20.8 Å². The fraction of sp³-hybridized carbons (Fsp3) is 0.917. The summed E-state index contributed by atoms with van der Waals surface area (Å²) < 4.78 is 5.67. The van der Waals surface area contributed by atoms with Crippen molar-refractivity contribution in [1.29, 1.82) is 0 Å². The van der Waals surface area contributed by atoms with E-state index >= 15 is 0 Å². The van der Waals surface area contributed by atoms with Gasteiger partial charge in [0.2, 0.25) is 0 Å². The number of fused-ring (bicyclic) bond motifs is 2. The van der Waals surface area contributed by atoms with Crippen LogP contribution in [0.2, 0.25) is 0 Å². The molecule has 2 nitrogen and oxygen atoms in total. The molecule has 0 aromatic rings. The van der Waals surface area contributed by atoms with Gasteiger partial charge in [-0.2, -0.15) is 12.6 Å². The second-order valence-corrected chi connectivity index (χ2v) is 6.03. The van der Waals surface area contributed by atoms with Gasteiger partial charge in [0.15, 0.2) is 5.78 Å². The zero-order valence-electron chi connectivity index (χ0n) is 9.75. The molecular formula is C12H20O2S. The maximum Gasteiger partial charge on any atom is 0.168 e.